The number of nitriles is 1. The van der Waals surface area contributed by atoms with Crippen LogP contribution in [0.15, 0.2) is 96.4 Å². The first kappa shape index (κ1) is 28.9. The first-order valence-electron chi connectivity index (χ1n) is 13.2. The fourth-order valence-electron chi connectivity index (χ4n) is 4.50. The molecule has 1 unspecified atom stereocenters. The topological polar surface area (TPSA) is 104 Å². The zero-order valence-electron chi connectivity index (χ0n) is 22.6. The van der Waals surface area contributed by atoms with Crippen molar-refractivity contribution in [3.63, 3.8) is 0 Å². The van der Waals surface area contributed by atoms with Crippen LogP contribution in [0.5, 0.6) is 23.0 Å². The van der Waals surface area contributed by atoms with E-state index in [1.54, 1.807) is 54.6 Å². The zero-order chi connectivity index (χ0) is 29.6. The number of ether oxygens (including phenoxy) is 4. The van der Waals surface area contributed by atoms with Gasteiger partial charge in [-0.1, -0.05) is 60.5 Å². The minimum Gasteiger partial charge on any atom is -0.494 e. The maximum atomic E-state index is 12.8. The first-order chi connectivity index (χ1) is 20.4. The van der Waals surface area contributed by atoms with Gasteiger partial charge in [-0.25, -0.2) is 4.79 Å². The number of rotatable bonds is 9. The second-order valence-corrected chi connectivity index (χ2v) is 10.3. The minimum atomic E-state index is -0.541. The van der Waals surface area contributed by atoms with Gasteiger partial charge in [0.2, 0.25) is 5.88 Å². The number of hydrogen-bond donors (Lipinski definition) is 1. The van der Waals surface area contributed by atoms with E-state index in [4.69, 9.17) is 47.9 Å². The molecule has 212 valence electrons. The van der Waals surface area contributed by atoms with Crippen LogP contribution in [-0.2, 0) is 6.61 Å². The summed E-state index contributed by atoms with van der Waals surface area (Å²) in [6.45, 7) is 2.83. The van der Waals surface area contributed by atoms with Crippen molar-refractivity contribution in [3.8, 4) is 29.1 Å². The van der Waals surface area contributed by atoms with Gasteiger partial charge in [-0.3, -0.25) is 0 Å². The molecule has 2 N–H and O–H groups in total. The summed E-state index contributed by atoms with van der Waals surface area (Å²) in [5.41, 5.74) is 9.11. The zero-order valence-corrected chi connectivity index (χ0v) is 24.1. The standard InChI is InChI=1S/C33H26Cl2N2O5/c1-2-14-39-25-5-3-4-21(15-25)33(38)41-26-12-13-27-30(17-26)42-32(37)28(18-36)31(27)20-7-10-24(11-8-20)40-19-22-6-9-23(34)16-29(22)35/h3-13,15-17,31H,2,14,19,37H2,1H3. The van der Waals surface area contributed by atoms with Crippen LogP contribution >= 0.6 is 23.2 Å². The Morgan fingerprint density at radius 3 is 2.48 bits per heavy atom. The van der Waals surface area contributed by atoms with Crippen molar-refractivity contribution in [1.29, 1.82) is 5.26 Å². The van der Waals surface area contributed by atoms with Gasteiger partial charge >= 0.3 is 5.97 Å². The second kappa shape index (κ2) is 12.9. The van der Waals surface area contributed by atoms with Crippen LogP contribution in [0, 0.1) is 11.3 Å². The average Bonchev–Trinajstić information content (AvgIpc) is 2.99. The fourth-order valence-corrected chi connectivity index (χ4v) is 4.96. The van der Waals surface area contributed by atoms with E-state index in [9.17, 15) is 10.1 Å². The summed E-state index contributed by atoms with van der Waals surface area (Å²) in [7, 11) is 0. The van der Waals surface area contributed by atoms with E-state index >= 15 is 0 Å². The third-order valence-corrected chi connectivity index (χ3v) is 7.15. The number of carbonyl (C=O) groups is 1. The third-order valence-electron chi connectivity index (χ3n) is 6.57. The lowest BCUT2D eigenvalue weighted by Gasteiger charge is -2.27. The highest BCUT2D eigenvalue weighted by atomic mass is 35.5. The number of carbonyl (C=O) groups excluding carboxylic acids is 1. The van der Waals surface area contributed by atoms with Gasteiger partial charge in [0.05, 0.1) is 18.1 Å². The van der Waals surface area contributed by atoms with Crippen molar-refractivity contribution in [3.05, 3.63) is 129 Å². The summed E-state index contributed by atoms with van der Waals surface area (Å²) >= 11 is 12.2. The summed E-state index contributed by atoms with van der Waals surface area (Å²) in [5.74, 6) is 0.831. The van der Waals surface area contributed by atoms with Crippen LogP contribution in [0.3, 0.4) is 0 Å². The first-order valence-corrected chi connectivity index (χ1v) is 13.9. The van der Waals surface area contributed by atoms with Crippen molar-refractivity contribution in [2.45, 2.75) is 25.9 Å². The molecule has 1 heterocycles. The number of allylic oxidation sites excluding steroid dienone is 1. The highest BCUT2D eigenvalue weighted by molar-refractivity contribution is 6.35. The molecule has 0 spiro atoms. The van der Waals surface area contributed by atoms with Crippen LogP contribution in [0.4, 0.5) is 0 Å². The van der Waals surface area contributed by atoms with Crippen molar-refractivity contribution >= 4 is 29.2 Å². The highest BCUT2D eigenvalue weighted by Crippen LogP contribution is 2.43. The lowest BCUT2D eigenvalue weighted by molar-refractivity contribution is 0.0734. The van der Waals surface area contributed by atoms with Gasteiger partial charge in [0.25, 0.3) is 0 Å². The molecule has 0 aliphatic carbocycles. The Morgan fingerprint density at radius 1 is 0.952 bits per heavy atom. The predicted octanol–water partition coefficient (Wildman–Crippen LogP) is 7.80. The molecule has 4 aromatic carbocycles. The monoisotopic (exact) mass is 600 g/mol. The Bertz CT molecular complexity index is 1700. The number of halogens is 2. The molecule has 0 fully saturated rings. The van der Waals surface area contributed by atoms with Crippen LogP contribution in [0.25, 0.3) is 0 Å². The van der Waals surface area contributed by atoms with E-state index < -0.39 is 11.9 Å². The van der Waals surface area contributed by atoms with Crippen LogP contribution in [0.1, 0.15) is 46.3 Å². The third kappa shape index (κ3) is 6.46. The highest BCUT2D eigenvalue weighted by Gasteiger charge is 2.31. The quantitative estimate of drug-likeness (QED) is 0.154. The van der Waals surface area contributed by atoms with Crippen molar-refractivity contribution in [2.75, 3.05) is 6.61 Å². The molecule has 1 atom stereocenters. The summed E-state index contributed by atoms with van der Waals surface area (Å²) < 4.78 is 22.9. The van der Waals surface area contributed by atoms with E-state index in [1.807, 2.05) is 37.3 Å². The van der Waals surface area contributed by atoms with Crippen LogP contribution in [0.2, 0.25) is 10.0 Å². The van der Waals surface area contributed by atoms with Crippen molar-refractivity contribution < 1.29 is 23.7 Å². The molecule has 0 bridgehead atoms. The summed E-state index contributed by atoms with van der Waals surface area (Å²) in [4.78, 5) is 12.8. The molecule has 0 amide bonds. The molecule has 1 aliphatic heterocycles. The Labute approximate surface area is 253 Å². The minimum absolute atomic E-state index is 0.0167. The van der Waals surface area contributed by atoms with Crippen molar-refractivity contribution in [1.82, 2.24) is 0 Å². The molecule has 0 saturated carbocycles. The van der Waals surface area contributed by atoms with Gasteiger partial charge in [0, 0.05) is 27.2 Å². The lowest BCUT2D eigenvalue weighted by atomic mass is 9.83. The largest absolute Gasteiger partial charge is 0.494 e. The number of benzene rings is 4. The molecule has 42 heavy (non-hydrogen) atoms. The molecule has 0 saturated heterocycles. The molecule has 5 rings (SSSR count). The number of nitrogens with two attached hydrogens (primary N) is 1. The van der Waals surface area contributed by atoms with E-state index in [0.29, 0.717) is 45.0 Å². The normalized spacial score (nSPS) is 13.9. The molecule has 7 nitrogen and oxygen atoms in total. The molecule has 4 aromatic rings. The molecule has 9 heteroatoms. The van der Waals surface area contributed by atoms with E-state index in [0.717, 1.165) is 17.5 Å². The van der Waals surface area contributed by atoms with Gasteiger partial charge < -0.3 is 24.7 Å². The summed E-state index contributed by atoms with van der Waals surface area (Å²) in [6, 6.07) is 26.6. The Morgan fingerprint density at radius 2 is 1.74 bits per heavy atom. The SMILES string of the molecule is CCCOc1cccc(C(=O)Oc2ccc3c(c2)OC(N)=C(C#N)C3c2ccc(OCc3ccc(Cl)cc3Cl)cc2)c1. The maximum absolute atomic E-state index is 12.8. The number of nitrogens with zero attached hydrogens (tertiary/aromatic N) is 1. The number of fused-ring (bicyclic) bond motifs is 1. The number of esters is 1. The van der Waals surface area contributed by atoms with Gasteiger partial charge in [-0.05, 0) is 60.5 Å². The molecular weight excluding hydrogens is 575 g/mol. The van der Waals surface area contributed by atoms with Crippen LogP contribution in [-0.4, -0.2) is 12.6 Å². The molecule has 1 aliphatic rings. The number of hydrogen-bond acceptors (Lipinski definition) is 7. The van der Waals surface area contributed by atoms with Gasteiger partial charge in [-0.15, -0.1) is 0 Å². The fraction of sp³-hybridized carbons (Fsp3) is 0.152. The maximum Gasteiger partial charge on any atom is 0.343 e. The van der Waals surface area contributed by atoms with Crippen LogP contribution < -0.4 is 24.7 Å². The van der Waals surface area contributed by atoms with Crippen molar-refractivity contribution in [2.24, 2.45) is 5.73 Å². The molecule has 0 radical (unpaired) electrons. The smallest absolute Gasteiger partial charge is 0.343 e. The predicted molar refractivity (Wildman–Crippen MR) is 160 cm³/mol. The average molecular weight is 601 g/mol. The van der Waals surface area contributed by atoms with E-state index in [2.05, 4.69) is 6.07 Å². The van der Waals surface area contributed by atoms with Gasteiger partial charge in [-0.2, -0.15) is 5.26 Å². The van der Waals surface area contributed by atoms with E-state index in [-0.39, 0.29) is 23.8 Å². The summed E-state index contributed by atoms with van der Waals surface area (Å²) in [6.07, 6.45) is 0.855. The Hall–Kier alpha value is -4.64. The van der Waals surface area contributed by atoms with E-state index in [1.165, 1.54) is 0 Å². The Kier molecular flexibility index (Phi) is 8.87. The summed E-state index contributed by atoms with van der Waals surface area (Å²) in [5, 5.41) is 11.0. The molecular formula is C33H26Cl2N2O5. The molecule has 0 aromatic heterocycles. The van der Waals surface area contributed by atoms with Gasteiger partial charge in [0.15, 0.2) is 0 Å². The van der Waals surface area contributed by atoms with Gasteiger partial charge in [0.1, 0.15) is 41.2 Å². The second-order valence-electron chi connectivity index (χ2n) is 9.48. The Balaban J connectivity index is 1.34. The lowest BCUT2D eigenvalue weighted by Crippen LogP contribution is -2.21.